The van der Waals surface area contributed by atoms with E-state index in [4.69, 9.17) is 19.3 Å². The van der Waals surface area contributed by atoms with E-state index in [9.17, 15) is 9.59 Å². The van der Waals surface area contributed by atoms with Gasteiger partial charge in [0.25, 0.3) is 5.91 Å². The smallest absolute Gasteiger partial charge is 0.409 e. The Balaban J connectivity index is 1.72. The molecule has 1 aliphatic heterocycles. The van der Waals surface area contributed by atoms with Gasteiger partial charge in [0, 0.05) is 37.8 Å². The van der Waals surface area contributed by atoms with E-state index in [1.807, 2.05) is 38.1 Å². The van der Waals surface area contributed by atoms with Gasteiger partial charge in [0.1, 0.15) is 17.2 Å². The molecule has 190 valence electrons. The van der Waals surface area contributed by atoms with Crippen molar-refractivity contribution < 1.29 is 23.8 Å². The molecule has 0 bridgehead atoms. The summed E-state index contributed by atoms with van der Waals surface area (Å²) in [6, 6.07) is 13.3. The van der Waals surface area contributed by atoms with E-state index >= 15 is 0 Å². The van der Waals surface area contributed by atoms with Gasteiger partial charge >= 0.3 is 6.09 Å². The van der Waals surface area contributed by atoms with E-state index in [0.717, 1.165) is 22.4 Å². The zero-order valence-electron chi connectivity index (χ0n) is 21.4. The average molecular weight is 493 g/mol. The molecule has 4 rings (SSSR count). The van der Waals surface area contributed by atoms with Crippen LogP contribution in [0.25, 0.3) is 16.9 Å². The Morgan fingerprint density at radius 1 is 0.917 bits per heavy atom. The molecular weight excluding hydrogens is 460 g/mol. The van der Waals surface area contributed by atoms with E-state index in [2.05, 4.69) is 6.07 Å². The molecule has 0 radical (unpaired) electrons. The molecule has 2 heterocycles. The summed E-state index contributed by atoms with van der Waals surface area (Å²) < 4.78 is 17.7. The number of rotatable bonds is 6. The number of ether oxygens (including phenoxy) is 3. The second-order valence-electron chi connectivity index (χ2n) is 8.66. The molecule has 0 aliphatic carbocycles. The molecule has 1 aromatic heterocycles. The van der Waals surface area contributed by atoms with Crippen molar-refractivity contribution in [3.05, 3.63) is 59.3 Å². The summed E-state index contributed by atoms with van der Waals surface area (Å²) in [5, 5.41) is 4.85. The minimum atomic E-state index is -0.348. The summed E-state index contributed by atoms with van der Waals surface area (Å²) in [6.45, 7) is 7.80. The Bertz CT molecular complexity index is 1260. The highest BCUT2D eigenvalue weighted by Crippen LogP contribution is 2.34. The number of carbonyl (C=O) groups excluding carboxylic acids is 2. The van der Waals surface area contributed by atoms with Crippen LogP contribution in [0.2, 0.25) is 0 Å². The van der Waals surface area contributed by atoms with Crippen LogP contribution in [0.3, 0.4) is 0 Å². The summed E-state index contributed by atoms with van der Waals surface area (Å²) in [6.07, 6.45) is -0.348. The van der Waals surface area contributed by atoms with Gasteiger partial charge in [0.05, 0.1) is 32.2 Å². The Morgan fingerprint density at radius 2 is 1.64 bits per heavy atom. The van der Waals surface area contributed by atoms with Gasteiger partial charge in [-0.2, -0.15) is 5.10 Å². The van der Waals surface area contributed by atoms with E-state index < -0.39 is 0 Å². The van der Waals surface area contributed by atoms with Crippen molar-refractivity contribution >= 4 is 12.0 Å². The van der Waals surface area contributed by atoms with Crippen molar-refractivity contribution in [1.82, 2.24) is 19.6 Å². The summed E-state index contributed by atoms with van der Waals surface area (Å²) in [5.74, 6) is 1.12. The Morgan fingerprint density at radius 3 is 2.28 bits per heavy atom. The SMILES string of the molecule is CCOC(=O)N1CCN(C(=O)c2cc(-c3ccc(OC)cc3OC)nn2-c2ccc(C)cc2C)CC1. The molecule has 0 saturated carbocycles. The number of piperazine rings is 1. The summed E-state index contributed by atoms with van der Waals surface area (Å²) in [4.78, 5) is 29.2. The molecule has 2 amide bonds. The van der Waals surface area contributed by atoms with Crippen molar-refractivity contribution in [2.45, 2.75) is 20.8 Å². The van der Waals surface area contributed by atoms with Crippen LogP contribution in [0, 0.1) is 13.8 Å². The lowest BCUT2D eigenvalue weighted by Crippen LogP contribution is -2.51. The second-order valence-corrected chi connectivity index (χ2v) is 8.66. The summed E-state index contributed by atoms with van der Waals surface area (Å²) in [7, 11) is 3.19. The van der Waals surface area contributed by atoms with E-state index in [1.165, 1.54) is 0 Å². The van der Waals surface area contributed by atoms with Crippen molar-refractivity contribution in [3.63, 3.8) is 0 Å². The van der Waals surface area contributed by atoms with Gasteiger partial charge in [0.15, 0.2) is 0 Å². The van der Waals surface area contributed by atoms with Gasteiger partial charge in [0.2, 0.25) is 0 Å². The number of benzene rings is 2. The number of carbonyl (C=O) groups is 2. The van der Waals surface area contributed by atoms with Gasteiger partial charge in [-0.1, -0.05) is 17.7 Å². The fraction of sp³-hybridized carbons (Fsp3) is 0.370. The van der Waals surface area contributed by atoms with Crippen LogP contribution in [0.15, 0.2) is 42.5 Å². The maximum Gasteiger partial charge on any atom is 0.409 e. The standard InChI is InChI=1S/C27H32N4O5/c1-6-36-27(33)30-13-11-29(12-14-30)26(32)24-17-22(21-9-8-20(34-4)16-25(21)35-5)28-31(24)23-10-7-18(2)15-19(23)3/h7-10,15-17H,6,11-14H2,1-5H3. The average Bonchev–Trinajstić information content (AvgIpc) is 3.32. The minimum absolute atomic E-state index is 0.148. The molecule has 0 unspecified atom stereocenters. The third kappa shape index (κ3) is 5.00. The highest BCUT2D eigenvalue weighted by molar-refractivity contribution is 5.95. The molecule has 9 heteroatoms. The molecule has 0 spiro atoms. The molecule has 0 N–H and O–H groups in total. The lowest BCUT2D eigenvalue weighted by atomic mass is 10.1. The number of methoxy groups -OCH3 is 2. The van der Waals surface area contributed by atoms with Crippen molar-refractivity contribution in [1.29, 1.82) is 0 Å². The van der Waals surface area contributed by atoms with Crippen molar-refractivity contribution in [2.75, 3.05) is 47.0 Å². The monoisotopic (exact) mass is 492 g/mol. The van der Waals surface area contributed by atoms with Crippen molar-refractivity contribution in [3.8, 4) is 28.4 Å². The van der Waals surface area contributed by atoms with Crippen LogP contribution in [0.4, 0.5) is 4.79 Å². The quantitative estimate of drug-likeness (QED) is 0.515. The molecule has 1 fully saturated rings. The van der Waals surface area contributed by atoms with Gasteiger partial charge in [-0.25, -0.2) is 9.48 Å². The largest absolute Gasteiger partial charge is 0.497 e. The van der Waals surface area contributed by atoms with Crippen molar-refractivity contribution in [2.24, 2.45) is 0 Å². The third-order valence-electron chi connectivity index (χ3n) is 6.29. The lowest BCUT2D eigenvalue weighted by Gasteiger charge is -2.34. The molecule has 1 saturated heterocycles. The Labute approximate surface area is 211 Å². The van der Waals surface area contributed by atoms with Crippen LogP contribution in [-0.4, -0.2) is 78.6 Å². The molecule has 9 nitrogen and oxygen atoms in total. The molecular formula is C27H32N4O5. The molecule has 3 aromatic rings. The van der Waals surface area contributed by atoms with Gasteiger partial charge < -0.3 is 24.0 Å². The molecule has 36 heavy (non-hydrogen) atoms. The first-order valence-electron chi connectivity index (χ1n) is 12.0. The normalized spacial score (nSPS) is 13.5. The predicted molar refractivity (Wildman–Crippen MR) is 136 cm³/mol. The van der Waals surface area contributed by atoms with Gasteiger partial charge in [-0.3, -0.25) is 4.79 Å². The van der Waals surface area contributed by atoms with Crippen LogP contribution >= 0.6 is 0 Å². The van der Waals surface area contributed by atoms with E-state index in [-0.39, 0.29) is 12.0 Å². The highest BCUT2D eigenvalue weighted by Gasteiger charge is 2.29. The zero-order chi connectivity index (χ0) is 25.8. The van der Waals surface area contributed by atoms with Crippen LogP contribution in [0.5, 0.6) is 11.5 Å². The fourth-order valence-corrected chi connectivity index (χ4v) is 4.37. The Kier molecular flexibility index (Phi) is 7.47. The number of hydrogen-bond donors (Lipinski definition) is 0. The third-order valence-corrected chi connectivity index (χ3v) is 6.29. The first-order valence-corrected chi connectivity index (χ1v) is 12.0. The highest BCUT2D eigenvalue weighted by atomic mass is 16.6. The molecule has 0 atom stereocenters. The first-order chi connectivity index (χ1) is 17.4. The number of amides is 2. The van der Waals surface area contributed by atoms with Crippen LogP contribution in [-0.2, 0) is 4.74 Å². The number of hydrogen-bond acceptors (Lipinski definition) is 6. The topological polar surface area (TPSA) is 86.1 Å². The second kappa shape index (κ2) is 10.7. The number of nitrogens with zero attached hydrogens (tertiary/aromatic N) is 4. The lowest BCUT2D eigenvalue weighted by molar-refractivity contribution is 0.0563. The maximum absolute atomic E-state index is 13.8. The first kappa shape index (κ1) is 25.1. The molecule has 2 aromatic carbocycles. The van der Waals surface area contributed by atoms with E-state index in [0.29, 0.717) is 55.7 Å². The van der Waals surface area contributed by atoms with E-state index in [1.54, 1.807) is 47.8 Å². The number of aromatic nitrogens is 2. The summed E-state index contributed by atoms with van der Waals surface area (Å²) >= 11 is 0. The van der Waals surface area contributed by atoms with Gasteiger partial charge in [-0.05, 0) is 50.6 Å². The van der Waals surface area contributed by atoms with Crippen LogP contribution < -0.4 is 9.47 Å². The summed E-state index contributed by atoms with van der Waals surface area (Å²) in [5.41, 5.74) is 4.77. The number of aryl methyl sites for hydroxylation is 2. The van der Waals surface area contributed by atoms with Crippen LogP contribution in [0.1, 0.15) is 28.5 Å². The molecule has 1 aliphatic rings. The maximum atomic E-state index is 13.8. The minimum Gasteiger partial charge on any atom is -0.497 e. The van der Waals surface area contributed by atoms with Gasteiger partial charge in [-0.15, -0.1) is 0 Å². The predicted octanol–water partition coefficient (Wildman–Crippen LogP) is 4.09. The Hall–Kier alpha value is -4.01. The zero-order valence-corrected chi connectivity index (χ0v) is 21.4. The fourth-order valence-electron chi connectivity index (χ4n) is 4.37.